The Morgan fingerprint density at radius 2 is 2.37 bits per heavy atom. The lowest BCUT2D eigenvalue weighted by Crippen LogP contribution is -2.50. The fourth-order valence-electron chi connectivity index (χ4n) is 2.24. The summed E-state index contributed by atoms with van der Waals surface area (Å²) in [4.78, 5) is 14.0. The number of aromatic nitrogens is 3. The summed E-state index contributed by atoms with van der Waals surface area (Å²) in [5, 5.41) is 11.0. The Hall–Kier alpha value is -1.47. The van der Waals surface area contributed by atoms with Gasteiger partial charge in [-0.05, 0) is 20.4 Å². The minimum atomic E-state index is -0.639. The molecule has 0 amide bonds. The number of esters is 1. The molecule has 0 saturated heterocycles. The summed E-state index contributed by atoms with van der Waals surface area (Å²) in [6.07, 6.45) is 2.46. The molecule has 19 heavy (non-hydrogen) atoms. The highest BCUT2D eigenvalue weighted by atomic mass is 16.5. The summed E-state index contributed by atoms with van der Waals surface area (Å²) in [6, 6.07) is 0. The Balaban J connectivity index is 1.91. The molecule has 0 aromatic carbocycles. The van der Waals surface area contributed by atoms with E-state index < -0.39 is 5.54 Å². The van der Waals surface area contributed by atoms with Crippen molar-refractivity contribution in [3.05, 3.63) is 12.2 Å². The standard InChI is InChI=1S/C12H21N5O2/c1-12(13-2,11(18)19-3)4-5-16-6-7-17-9-14-15-10(17)8-16/h9,13H,4-8H2,1-3H3. The second-order valence-corrected chi connectivity index (χ2v) is 5.04. The summed E-state index contributed by atoms with van der Waals surface area (Å²) in [6.45, 7) is 5.31. The third-order valence-electron chi connectivity index (χ3n) is 3.83. The molecule has 1 aliphatic rings. The van der Waals surface area contributed by atoms with Gasteiger partial charge in [-0.15, -0.1) is 10.2 Å². The van der Waals surface area contributed by atoms with Crippen LogP contribution >= 0.6 is 0 Å². The maximum Gasteiger partial charge on any atom is 0.325 e. The van der Waals surface area contributed by atoms with Crippen molar-refractivity contribution in [2.45, 2.75) is 32.0 Å². The van der Waals surface area contributed by atoms with Gasteiger partial charge in [-0.3, -0.25) is 9.69 Å². The number of hydrogen-bond acceptors (Lipinski definition) is 6. The van der Waals surface area contributed by atoms with Crippen molar-refractivity contribution in [2.75, 3.05) is 27.2 Å². The summed E-state index contributed by atoms with van der Waals surface area (Å²) in [5.74, 6) is 0.755. The van der Waals surface area contributed by atoms with E-state index in [-0.39, 0.29) is 5.97 Å². The van der Waals surface area contributed by atoms with Gasteiger partial charge < -0.3 is 14.6 Å². The number of nitrogens with one attached hydrogen (secondary N) is 1. The molecular formula is C12H21N5O2. The molecule has 0 aliphatic carbocycles. The van der Waals surface area contributed by atoms with Crippen molar-refractivity contribution < 1.29 is 9.53 Å². The summed E-state index contributed by atoms with van der Waals surface area (Å²) in [7, 11) is 3.20. The summed E-state index contributed by atoms with van der Waals surface area (Å²) < 4.78 is 6.91. The van der Waals surface area contributed by atoms with E-state index in [1.165, 1.54) is 7.11 Å². The van der Waals surface area contributed by atoms with Crippen LogP contribution in [0.1, 0.15) is 19.2 Å². The smallest absolute Gasteiger partial charge is 0.325 e. The first kappa shape index (κ1) is 14.0. The molecule has 0 saturated carbocycles. The van der Waals surface area contributed by atoms with E-state index in [0.29, 0.717) is 6.42 Å². The monoisotopic (exact) mass is 267 g/mol. The van der Waals surface area contributed by atoms with E-state index >= 15 is 0 Å². The van der Waals surface area contributed by atoms with Crippen LogP contribution in [0.25, 0.3) is 0 Å². The molecule has 0 bridgehead atoms. The second kappa shape index (κ2) is 5.66. The molecule has 0 radical (unpaired) electrons. The van der Waals surface area contributed by atoms with Gasteiger partial charge in [-0.2, -0.15) is 0 Å². The van der Waals surface area contributed by atoms with Crippen LogP contribution < -0.4 is 5.32 Å². The fourth-order valence-corrected chi connectivity index (χ4v) is 2.24. The predicted molar refractivity (Wildman–Crippen MR) is 69.4 cm³/mol. The zero-order valence-corrected chi connectivity index (χ0v) is 11.7. The Kier molecular flexibility index (Phi) is 4.16. The first-order valence-electron chi connectivity index (χ1n) is 6.45. The van der Waals surface area contributed by atoms with Crippen LogP contribution in [0.3, 0.4) is 0 Å². The molecule has 1 aliphatic heterocycles. The normalized spacial score (nSPS) is 18.7. The largest absolute Gasteiger partial charge is 0.468 e. The molecule has 0 fully saturated rings. The number of carbonyl (C=O) groups excluding carboxylic acids is 1. The fraction of sp³-hybridized carbons (Fsp3) is 0.750. The molecular weight excluding hydrogens is 246 g/mol. The summed E-state index contributed by atoms with van der Waals surface area (Å²) in [5.41, 5.74) is -0.639. The van der Waals surface area contributed by atoms with Crippen LogP contribution in [0.15, 0.2) is 6.33 Å². The first-order valence-corrected chi connectivity index (χ1v) is 6.45. The minimum absolute atomic E-state index is 0.227. The second-order valence-electron chi connectivity index (χ2n) is 5.04. The third-order valence-corrected chi connectivity index (χ3v) is 3.83. The number of nitrogens with zero attached hydrogens (tertiary/aromatic N) is 4. The highest BCUT2D eigenvalue weighted by molar-refractivity contribution is 5.80. The summed E-state index contributed by atoms with van der Waals surface area (Å²) >= 11 is 0. The molecule has 2 rings (SSSR count). The van der Waals surface area contributed by atoms with E-state index in [0.717, 1.165) is 32.0 Å². The van der Waals surface area contributed by atoms with Crippen LogP contribution in [0.5, 0.6) is 0 Å². The number of rotatable bonds is 5. The highest BCUT2D eigenvalue weighted by Gasteiger charge is 2.33. The molecule has 7 nitrogen and oxygen atoms in total. The van der Waals surface area contributed by atoms with Crippen LogP contribution in [-0.4, -0.2) is 58.4 Å². The van der Waals surface area contributed by atoms with Crippen LogP contribution in [0.4, 0.5) is 0 Å². The number of hydrogen-bond donors (Lipinski definition) is 1. The number of carbonyl (C=O) groups is 1. The van der Waals surface area contributed by atoms with Crippen LogP contribution in [0.2, 0.25) is 0 Å². The van der Waals surface area contributed by atoms with E-state index in [1.807, 2.05) is 6.92 Å². The Morgan fingerprint density at radius 3 is 3.05 bits per heavy atom. The van der Waals surface area contributed by atoms with E-state index in [1.54, 1.807) is 13.4 Å². The van der Waals surface area contributed by atoms with Crippen molar-refractivity contribution in [1.82, 2.24) is 25.0 Å². The van der Waals surface area contributed by atoms with E-state index in [2.05, 4.69) is 25.0 Å². The molecule has 1 N–H and O–H groups in total. The number of fused-ring (bicyclic) bond motifs is 1. The molecule has 1 aromatic heterocycles. The van der Waals surface area contributed by atoms with Crippen molar-refractivity contribution >= 4 is 5.97 Å². The van der Waals surface area contributed by atoms with Gasteiger partial charge in [0.1, 0.15) is 17.7 Å². The third kappa shape index (κ3) is 2.93. The molecule has 2 heterocycles. The Morgan fingerprint density at radius 1 is 1.58 bits per heavy atom. The van der Waals surface area contributed by atoms with Gasteiger partial charge in [0.2, 0.25) is 0 Å². The molecule has 1 unspecified atom stereocenters. The van der Waals surface area contributed by atoms with Gasteiger partial charge >= 0.3 is 5.97 Å². The molecule has 7 heteroatoms. The molecule has 106 valence electrons. The van der Waals surface area contributed by atoms with Gasteiger partial charge in [0.25, 0.3) is 0 Å². The molecule has 1 aromatic rings. The van der Waals surface area contributed by atoms with E-state index in [9.17, 15) is 4.79 Å². The lowest BCUT2D eigenvalue weighted by Gasteiger charge is -2.31. The van der Waals surface area contributed by atoms with E-state index in [4.69, 9.17) is 4.74 Å². The van der Waals surface area contributed by atoms with Crippen LogP contribution in [0, 0.1) is 0 Å². The quantitative estimate of drug-likeness (QED) is 0.734. The predicted octanol–water partition coefficient (Wildman–Crippen LogP) is -0.365. The Bertz CT molecular complexity index is 447. The zero-order chi connectivity index (χ0) is 13.9. The van der Waals surface area contributed by atoms with Gasteiger partial charge in [0.15, 0.2) is 0 Å². The maximum absolute atomic E-state index is 11.8. The lowest BCUT2D eigenvalue weighted by atomic mass is 9.98. The number of likely N-dealkylation sites (N-methyl/N-ethyl adjacent to an activating group) is 1. The van der Waals surface area contributed by atoms with Gasteiger partial charge in [0, 0.05) is 19.6 Å². The SMILES string of the molecule is CNC(C)(CCN1CCn2cnnc2C1)C(=O)OC. The molecule has 0 spiro atoms. The van der Waals surface area contributed by atoms with Crippen LogP contribution in [-0.2, 0) is 22.6 Å². The zero-order valence-electron chi connectivity index (χ0n) is 11.7. The number of methoxy groups -OCH3 is 1. The average molecular weight is 267 g/mol. The molecule has 1 atom stereocenters. The maximum atomic E-state index is 11.8. The van der Waals surface area contributed by atoms with Crippen molar-refractivity contribution in [3.8, 4) is 0 Å². The van der Waals surface area contributed by atoms with Gasteiger partial charge in [-0.1, -0.05) is 0 Å². The van der Waals surface area contributed by atoms with Crippen molar-refractivity contribution in [2.24, 2.45) is 0 Å². The first-order chi connectivity index (χ1) is 9.09. The highest BCUT2D eigenvalue weighted by Crippen LogP contribution is 2.15. The van der Waals surface area contributed by atoms with Crippen molar-refractivity contribution in [1.29, 1.82) is 0 Å². The van der Waals surface area contributed by atoms with Crippen molar-refractivity contribution in [3.63, 3.8) is 0 Å². The lowest BCUT2D eigenvalue weighted by molar-refractivity contribution is -0.148. The number of ether oxygens (including phenoxy) is 1. The van der Waals surface area contributed by atoms with Gasteiger partial charge in [-0.25, -0.2) is 0 Å². The minimum Gasteiger partial charge on any atom is -0.468 e. The topological polar surface area (TPSA) is 72.3 Å². The Labute approximate surface area is 112 Å². The average Bonchev–Trinajstić information content (AvgIpc) is 2.91. The van der Waals surface area contributed by atoms with Gasteiger partial charge in [0.05, 0.1) is 13.7 Å².